The van der Waals surface area contributed by atoms with Crippen molar-refractivity contribution in [3.8, 4) is 5.75 Å². The molecule has 124 valence electrons. The van der Waals surface area contributed by atoms with Crippen molar-refractivity contribution < 1.29 is 23.1 Å². The molecule has 2 aromatic carbocycles. The smallest absolute Gasteiger partial charge is 0.313 e. The average Bonchev–Trinajstić information content (AvgIpc) is 2.58. The third-order valence-electron chi connectivity index (χ3n) is 3.67. The van der Waals surface area contributed by atoms with Crippen LogP contribution in [0.3, 0.4) is 0 Å². The number of halogens is 2. The van der Waals surface area contributed by atoms with Crippen molar-refractivity contribution in [1.29, 1.82) is 0 Å². The largest absolute Gasteiger partial charge is 0.493 e. The highest BCUT2D eigenvalue weighted by molar-refractivity contribution is 6.39. The third-order valence-corrected chi connectivity index (χ3v) is 3.67. The molecule has 1 heterocycles. The quantitative estimate of drug-likeness (QED) is 0.831. The van der Waals surface area contributed by atoms with Gasteiger partial charge in [0.2, 0.25) is 0 Å². The van der Waals surface area contributed by atoms with Crippen molar-refractivity contribution >= 4 is 17.5 Å². The van der Waals surface area contributed by atoms with Crippen LogP contribution in [-0.4, -0.2) is 18.4 Å². The molecule has 0 bridgehead atoms. The number of hydrogen-bond donors (Lipinski definition) is 2. The number of rotatable bonds is 2. The monoisotopic (exact) mass is 332 g/mol. The Bertz CT molecular complexity index is 775. The number of nitrogens with one attached hydrogen (secondary N) is 2. The number of ether oxygens (including phenoxy) is 1. The normalized spacial score (nSPS) is 15.8. The van der Waals surface area contributed by atoms with Crippen molar-refractivity contribution in [3.05, 3.63) is 59.7 Å². The topological polar surface area (TPSA) is 67.4 Å². The molecule has 0 saturated heterocycles. The predicted molar refractivity (Wildman–Crippen MR) is 82.4 cm³/mol. The summed E-state index contributed by atoms with van der Waals surface area (Å²) in [5.41, 5.74) is 0.104. The Morgan fingerprint density at radius 3 is 2.46 bits per heavy atom. The van der Waals surface area contributed by atoms with E-state index >= 15 is 0 Å². The maximum absolute atomic E-state index is 13.5. The Morgan fingerprint density at radius 2 is 1.71 bits per heavy atom. The summed E-state index contributed by atoms with van der Waals surface area (Å²) in [6.07, 6.45) is 0.490. The van der Waals surface area contributed by atoms with Crippen LogP contribution in [0.1, 0.15) is 18.0 Å². The van der Waals surface area contributed by atoms with E-state index in [0.29, 0.717) is 18.8 Å². The minimum absolute atomic E-state index is 0.394. The zero-order valence-electron chi connectivity index (χ0n) is 12.5. The highest BCUT2D eigenvalue weighted by Crippen LogP contribution is 2.31. The van der Waals surface area contributed by atoms with Crippen molar-refractivity contribution in [3.63, 3.8) is 0 Å². The van der Waals surface area contributed by atoms with E-state index in [0.717, 1.165) is 17.7 Å². The first kappa shape index (κ1) is 15.9. The summed E-state index contributed by atoms with van der Waals surface area (Å²) in [7, 11) is 0. The van der Waals surface area contributed by atoms with Gasteiger partial charge in [-0.1, -0.05) is 24.3 Å². The molecule has 2 N–H and O–H groups in total. The van der Waals surface area contributed by atoms with Gasteiger partial charge >= 0.3 is 11.8 Å². The van der Waals surface area contributed by atoms with Gasteiger partial charge in [-0.2, -0.15) is 0 Å². The van der Waals surface area contributed by atoms with E-state index in [-0.39, 0.29) is 0 Å². The van der Waals surface area contributed by atoms with Crippen LogP contribution >= 0.6 is 0 Å². The molecule has 1 aliphatic heterocycles. The van der Waals surface area contributed by atoms with Crippen molar-refractivity contribution in [2.45, 2.75) is 12.5 Å². The number of benzene rings is 2. The van der Waals surface area contributed by atoms with Crippen LogP contribution in [0.5, 0.6) is 5.75 Å². The molecule has 2 aromatic rings. The van der Waals surface area contributed by atoms with Gasteiger partial charge in [0.05, 0.1) is 12.6 Å². The molecule has 5 nitrogen and oxygen atoms in total. The lowest BCUT2D eigenvalue weighted by atomic mass is 10.0. The number of para-hydroxylation sites is 2. The van der Waals surface area contributed by atoms with Gasteiger partial charge in [0, 0.05) is 12.0 Å². The molecule has 0 radical (unpaired) electrons. The number of hydrogen-bond acceptors (Lipinski definition) is 3. The fourth-order valence-electron chi connectivity index (χ4n) is 2.50. The van der Waals surface area contributed by atoms with Gasteiger partial charge in [-0.15, -0.1) is 0 Å². The van der Waals surface area contributed by atoms with Crippen LogP contribution in [0.15, 0.2) is 42.5 Å². The number of fused-ring (bicyclic) bond motifs is 1. The van der Waals surface area contributed by atoms with Crippen molar-refractivity contribution in [2.75, 3.05) is 11.9 Å². The molecule has 1 atom stereocenters. The number of amides is 2. The molecule has 0 spiro atoms. The summed E-state index contributed by atoms with van der Waals surface area (Å²) in [5, 5.41) is 4.52. The van der Waals surface area contributed by atoms with Crippen molar-refractivity contribution in [2.24, 2.45) is 0 Å². The van der Waals surface area contributed by atoms with Crippen LogP contribution in [0.25, 0.3) is 0 Å². The van der Waals surface area contributed by atoms with E-state index < -0.39 is 35.2 Å². The molecule has 0 aromatic heterocycles. The van der Waals surface area contributed by atoms with Crippen molar-refractivity contribution in [1.82, 2.24) is 5.32 Å². The molecular formula is C17H14F2N2O3. The molecule has 2 amide bonds. The summed E-state index contributed by atoms with van der Waals surface area (Å²) in [4.78, 5) is 24.0. The zero-order valence-corrected chi connectivity index (χ0v) is 12.5. The minimum Gasteiger partial charge on any atom is -0.493 e. The Morgan fingerprint density at radius 1 is 1.00 bits per heavy atom. The Labute approximate surface area is 136 Å². The van der Waals surface area contributed by atoms with Crippen LogP contribution in [0.2, 0.25) is 0 Å². The highest BCUT2D eigenvalue weighted by atomic mass is 19.1. The van der Waals surface area contributed by atoms with Gasteiger partial charge in [-0.3, -0.25) is 9.59 Å². The molecule has 0 fully saturated rings. The fraction of sp³-hybridized carbons (Fsp3) is 0.176. The van der Waals surface area contributed by atoms with Gasteiger partial charge < -0.3 is 15.4 Å². The summed E-state index contributed by atoms with van der Waals surface area (Å²) in [6, 6.07) is 9.89. The van der Waals surface area contributed by atoms with Gasteiger partial charge in [-0.05, 0) is 18.2 Å². The van der Waals surface area contributed by atoms with Gasteiger partial charge in [-0.25, -0.2) is 8.78 Å². The van der Waals surface area contributed by atoms with Gasteiger partial charge in [0.15, 0.2) is 0 Å². The highest BCUT2D eigenvalue weighted by Gasteiger charge is 2.26. The molecule has 0 unspecified atom stereocenters. The molecule has 3 rings (SSSR count). The molecule has 7 heteroatoms. The lowest BCUT2D eigenvalue weighted by molar-refractivity contribution is -0.136. The van der Waals surface area contributed by atoms with Crippen LogP contribution in [0.4, 0.5) is 14.5 Å². The fourth-order valence-corrected chi connectivity index (χ4v) is 2.50. The summed E-state index contributed by atoms with van der Waals surface area (Å²) in [5.74, 6) is -3.38. The van der Waals surface area contributed by atoms with E-state index in [9.17, 15) is 18.4 Å². The Kier molecular flexibility index (Phi) is 4.41. The van der Waals surface area contributed by atoms with Gasteiger partial charge in [0.1, 0.15) is 23.1 Å². The maximum atomic E-state index is 13.5. The molecule has 24 heavy (non-hydrogen) atoms. The Balaban J connectivity index is 1.71. The van der Waals surface area contributed by atoms with Gasteiger partial charge in [0.25, 0.3) is 0 Å². The number of carbonyl (C=O) groups is 2. The molecule has 1 aliphatic rings. The van der Waals surface area contributed by atoms with Crippen LogP contribution in [-0.2, 0) is 9.59 Å². The predicted octanol–water partition coefficient (Wildman–Crippen LogP) is 2.54. The van der Waals surface area contributed by atoms with E-state index in [1.807, 2.05) is 5.32 Å². The second kappa shape index (κ2) is 6.66. The lowest BCUT2D eigenvalue weighted by Gasteiger charge is -2.26. The summed E-state index contributed by atoms with van der Waals surface area (Å²) in [6.45, 7) is 0.394. The second-order valence-electron chi connectivity index (χ2n) is 5.25. The molecular weight excluding hydrogens is 318 g/mol. The molecule has 0 aliphatic carbocycles. The van der Waals surface area contributed by atoms with E-state index in [4.69, 9.17) is 4.74 Å². The second-order valence-corrected chi connectivity index (χ2v) is 5.25. The minimum atomic E-state index is -1.14. The number of anilines is 1. The van der Waals surface area contributed by atoms with Crippen LogP contribution in [0, 0.1) is 11.6 Å². The average molecular weight is 332 g/mol. The lowest BCUT2D eigenvalue weighted by Crippen LogP contribution is -2.39. The summed E-state index contributed by atoms with van der Waals surface area (Å²) < 4.78 is 32.5. The van der Waals surface area contributed by atoms with Crippen LogP contribution < -0.4 is 15.4 Å². The van der Waals surface area contributed by atoms with E-state index in [1.165, 1.54) is 6.07 Å². The maximum Gasteiger partial charge on any atom is 0.313 e. The SMILES string of the molecule is O=C(Nc1c(F)cccc1F)C(=O)N[C@@H]1CCOc2ccccc21. The van der Waals surface area contributed by atoms with E-state index in [2.05, 4.69) is 5.32 Å². The third kappa shape index (κ3) is 3.19. The summed E-state index contributed by atoms with van der Waals surface area (Å²) >= 11 is 0. The first-order valence-electron chi connectivity index (χ1n) is 7.34. The first-order valence-corrected chi connectivity index (χ1v) is 7.34. The Hall–Kier alpha value is -2.96. The zero-order chi connectivity index (χ0) is 17.1. The first-order chi connectivity index (χ1) is 11.6. The molecule has 0 saturated carbocycles. The number of carbonyl (C=O) groups excluding carboxylic acids is 2. The van der Waals surface area contributed by atoms with E-state index in [1.54, 1.807) is 24.3 Å². The standard InChI is InChI=1S/C17H14F2N2O3/c18-11-5-3-6-12(19)15(11)21-17(23)16(22)20-13-8-9-24-14-7-2-1-4-10(13)14/h1-7,13H,8-9H2,(H,20,22)(H,21,23)/t13-/m1/s1.